The number of rotatable bonds is 3. The molecule has 0 radical (unpaired) electrons. The number of carbonyl (C=O) groups is 1. The molecule has 2 aliphatic heterocycles. The third-order valence-electron chi connectivity index (χ3n) is 4.89. The van der Waals surface area contributed by atoms with E-state index in [-0.39, 0.29) is 22.7 Å². The van der Waals surface area contributed by atoms with Crippen molar-refractivity contribution in [1.29, 1.82) is 0 Å². The van der Waals surface area contributed by atoms with Crippen molar-refractivity contribution < 1.29 is 19.4 Å². The van der Waals surface area contributed by atoms with Crippen molar-refractivity contribution in [2.24, 2.45) is 5.41 Å². The van der Waals surface area contributed by atoms with E-state index in [0.717, 1.165) is 31.2 Å². The molecule has 1 aliphatic carbocycles. The van der Waals surface area contributed by atoms with Gasteiger partial charge in [0.1, 0.15) is 5.75 Å². The van der Waals surface area contributed by atoms with Crippen LogP contribution in [0.1, 0.15) is 37.7 Å². The number of methoxy groups -OCH3 is 1. The highest BCUT2D eigenvalue weighted by Gasteiger charge is 2.51. The molecule has 2 saturated heterocycles. The fourth-order valence-corrected chi connectivity index (χ4v) is 3.53. The first kappa shape index (κ1) is 13.4. The number of phenolic OH excluding ortho intramolecular Hbond substituents is 1. The van der Waals surface area contributed by atoms with Gasteiger partial charge in [0.15, 0.2) is 0 Å². The molecular formula is C16H20O4. The Morgan fingerprint density at radius 2 is 2.10 bits per heavy atom. The number of ether oxygens (including phenoxy) is 2. The average molecular weight is 276 g/mol. The Hall–Kier alpha value is -1.55. The van der Waals surface area contributed by atoms with Crippen LogP contribution in [-0.2, 0) is 19.9 Å². The highest BCUT2D eigenvalue weighted by atomic mass is 16.5. The van der Waals surface area contributed by atoms with Crippen LogP contribution in [0, 0.1) is 5.41 Å². The summed E-state index contributed by atoms with van der Waals surface area (Å²) in [7, 11) is 1.43. The van der Waals surface area contributed by atoms with E-state index in [1.807, 2.05) is 12.1 Å². The SMILES string of the molecule is COC(=O)CC12CCC(c3cccc(O)c3)(CC1)OC2. The van der Waals surface area contributed by atoms with Crippen molar-refractivity contribution in [3.8, 4) is 5.75 Å². The second-order valence-electron chi connectivity index (χ2n) is 6.09. The summed E-state index contributed by atoms with van der Waals surface area (Å²) in [6, 6.07) is 7.33. The predicted octanol–water partition coefficient (Wildman–Crippen LogP) is 2.74. The van der Waals surface area contributed by atoms with Crippen LogP contribution >= 0.6 is 0 Å². The molecule has 3 fully saturated rings. The fourth-order valence-electron chi connectivity index (χ4n) is 3.53. The van der Waals surface area contributed by atoms with E-state index in [2.05, 4.69) is 0 Å². The lowest BCUT2D eigenvalue weighted by Crippen LogP contribution is -2.50. The molecule has 0 unspecified atom stereocenters. The quantitative estimate of drug-likeness (QED) is 0.862. The highest BCUT2D eigenvalue weighted by molar-refractivity contribution is 5.70. The molecule has 108 valence electrons. The lowest BCUT2D eigenvalue weighted by atomic mass is 9.63. The Kier molecular flexibility index (Phi) is 3.21. The lowest BCUT2D eigenvalue weighted by Gasteiger charge is -2.53. The van der Waals surface area contributed by atoms with Crippen molar-refractivity contribution in [3.05, 3.63) is 29.8 Å². The van der Waals surface area contributed by atoms with Gasteiger partial charge in [-0.3, -0.25) is 4.79 Å². The number of aromatic hydroxyl groups is 1. The first-order valence-corrected chi connectivity index (χ1v) is 7.08. The maximum Gasteiger partial charge on any atom is 0.306 e. The molecule has 4 rings (SSSR count). The fraction of sp³-hybridized carbons (Fsp3) is 0.562. The number of fused-ring (bicyclic) bond motifs is 3. The van der Waals surface area contributed by atoms with Crippen LogP contribution in [0.25, 0.3) is 0 Å². The maximum atomic E-state index is 11.5. The molecule has 3 aliphatic rings. The summed E-state index contributed by atoms with van der Waals surface area (Å²) in [5.74, 6) is 0.123. The molecule has 1 saturated carbocycles. The smallest absolute Gasteiger partial charge is 0.306 e. The second-order valence-corrected chi connectivity index (χ2v) is 6.09. The number of phenols is 1. The van der Waals surface area contributed by atoms with Crippen LogP contribution in [0.4, 0.5) is 0 Å². The topological polar surface area (TPSA) is 55.8 Å². The van der Waals surface area contributed by atoms with E-state index in [1.54, 1.807) is 12.1 Å². The summed E-state index contributed by atoms with van der Waals surface area (Å²) >= 11 is 0. The molecular weight excluding hydrogens is 256 g/mol. The van der Waals surface area contributed by atoms with Crippen molar-refractivity contribution >= 4 is 5.97 Å². The van der Waals surface area contributed by atoms with Gasteiger partial charge >= 0.3 is 5.97 Å². The van der Waals surface area contributed by atoms with Crippen molar-refractivity contribution in [1.82, 2.24) is 0 Å². The molecule has 1 aromatic rings. The van der Waals surface area contributed by atoms with Crippen LogP contribution in [0.2, 0.25) is 0 Å². The summed E-state index contributed by atoms with van der Waals surface area (Å²) in [6.45, 7) is 0.595. The van der Waals surface area contributed by atoms with E-state index >= 15 is 0 Å². The summed E-state index contributed by atoms with van der Waals surface area (Å²) in [5, 5.41) is 9.65. The molecule has 2 heterocycles. The Morgan fingerprint density at radius 1 is 1.35 bits per heavy atom. The van der Waals surface area contributed by atoms with E-state index < -0.39 is 0 Å². The minimum Gasteiger partial charge on any atom is -0.508 e. The van der Waals surface area contributed by atoms with Gasteiger partial charge in [-0.2, -0.15) is 0 Å². The zero-order chi connectivity index (χ0) is 14.2. The minimum atomic E-state index is -0.281. The number of benzene rings is 1. The van der Waals surface area contributed by atoms with E-state index in [4.69, 9.17) is 9.47 Å². The van der Waals surface area contributed by atoms with Crippen molar-refractivity contribution in [2.45, 2.75) is 37.7 Å². The minimum absolute atomic E-state index is 0.0499. The molecule has 0 amide bonds. The lowest BCUT2D eigenvalue weighted by molar-refractivity contribution is -0.196. The van der Waals surface area contributed by atoms with Crippen molar-refractivity contribution in [2.75, 3.05) is 13.7 Å². The van der Waals surface area contributed by atoms with Gasteiger partial charge < -0.3 is 14.6 Å². The van der Waals surface area contributed by atoms with E-state index in [1.165, 1.54) is 7.11 Å². The van der Waals surface area contributed by atoms with Crippen molar-refractivity contribution in [3.63, 3.8) is 0 Å². The maximum absolute atomic E-state index is 11.5. The first-order chi connectivity index (χ1) is 9.57. The largest absolute Gasteiger partial charge is 0.508 e. The number of esters is 1. The summed E-state index contributed by atoms with van der Waals surface area (Å²) < 4.78 is 10.9. The number of hydrogen-bond acceptors (Lipinski definition) is 4. The molecule has 4 heteroatoms. The molecule has 1 N–H and O–H groups in total. The standard InChI is InChI=1S/C16H20O4/c1-19-14(18)10-15-5-7-16(8-6-15,20-11-15)12-3-2-4-13(17)9-12/h2-4,9,17H,5-8,10-11H2,1H3. The Morgan fingerprint density at radius 3 is 2.65 bits per heavy atom. The third-order valence-corrected chi connectivity index (χ3v) is 4.89. The molecule has 20 heavy (non-hydrogen) atoms. The number of hydrogen-bond donors (Lipinski definition) is 1. The third kappa shape index (κ3) is 2.18. The summed E-state index contributed by atoms with van der Waals surface area (Å²) in [5.41, 5.74) is 0.714. The van der Waals surface area contributed by atoms with Crippen LogP contribution < -0.4 is 0 Å². The van der Waals surface area contributed by atoms with Gasteiger partial charge in [0.2, 0.25) is 0 Å². The summed E-state index contributed by atoms with van der Waals surface area (Å²) in [6.07, 6.45) is 4.18. The molecule has 0 atom stereocenters. The normalized spacial score (nSPS) is 32.0. The monoisotopic (exact) mass is 276 g/mol. The number of carbonyl (C=O) groups excluding carboxylic acids is 1. The Balaban J connectivity index is 1.78. The van der Waals surface area contributed by atoms with E-state index in [0.29, 0.717) is 13.0 Å². The zero-order valence-corrected chi connectivity index (χ0v) is 11.7. The molecule has 1 aromatic carbocycles. The van der Waals surface area contributed by atoms with Crippen LogP contribution in [0.15, 0.2) is 24.3 Å². The van der Waals surface area contributed by atoms with Gasteiger partial charge in [-0.1, -0.05) is 12.1 Å². The summed E-state index contributed by atoms with van der Waals surface area (Å²) in [4.78, 5) is 11.5. The van der Waals surface area contributed by atoms with Crippen LogP contribution in [0.3, 0.4) is 0 Å². The van der Waals surface area contributed by atoms with Gasteiger partial charge in [-0.15, -0.1) is 0 Å². The van der Waals surface area contributed by atoms with Gasteiger partial charge in [0, 0.05) is 5.41 Å². The first-order valence-electron chi connectivity index (χ1n) is 7.08. The van der Waals surface area contributed by atoms with Gasteiger partial charge in [0.05, 0.1) is 25.7 Å². The molecule has 0 aromatic heterocycles. The van der Waals surface area contributed by atoms with Gasteiger partial charge in [-0.05, 0) is 43.4 Å². The van der Waals surface area contributed by atoms with Gasteiger partial charge in [0.25, 0.3) is 0 Å². The second kappa shape index (κ2) is 4.77. The van der Waals surface area contributed by atoms with Crippen LogP contribution in [0.5, 0.6) is 5.75 Å². The average Bonchev–Trinajstić information content (AvgIpc) is 2.49. The molecule has 4 nitrogen and oxygen atoms in total. The Labute approximate surface area is 118 Å². The zero-order valence-electron chi connectivity index (χ0n) is 11.7. The predicted molar refractivity (Wildman–Crippen MR) is 73.3 cm³/mol. The highest BCUT2D eigenvalue weighted by Crippen LogP contribution is 2.55. The van der Waals surface area contributed by atoms with E-state index in [9.17, 15) is 9.90 Å². The Bertz CT molecular complexity index is 498. The van der Waals surface area contributed by atoms with Gasteiger partial charge in [-0.25, -0.2) is 0 Å². The van der Waals surface area contributed by atoms with Crippen LogP contribution in [-0.4, -0.2) is 24.8 Å². The molecule has 2 bridgehead atoms. The molecule has 0 spiro atoms.